The number of hydrogen-bond donors (Lipinski definition) is 0. The molecule has 1 saturated heterocycles. The summed E-state index contributed by atoms with van der Waals surface area (Å²) >= 11 is 7.44. The zero-order chi connectivity index (χ0) is 20.8. The number of allylic oxidation sites excluding steroid dienone is 1. The molecule has 1 aromatic carbocycles. The molecule has 0 aliphatic carbocycles. The minimum absolute atomic E-state index is 0.0786. The van der Waals surface area contributed by atoms with E-state index < -0.39 is 29.7 Å². The molecule has 28 heavy (non-hydrogen) atoms. The van der Waals surface area contributed by atoms with Gasteiger partial charge >= 0.3 is 6.61 Å². The highest BCUT2D eigenvalue weighted by molar-refractivity contribution is 7.15. The maximum Gasteiger partial charge on any atom is 0.387 e. The van der Waals surface area contributed by atoms with E-state index in [-0.39, 0.29) is 16.5 Å². The van der Waals surface area contributed by atoms with E-state index in [1.807, 2.05) is 0 Å². The Morgan fingerprint density at radius 2 is 2.04 bits per heavy atom. The van der Waals surface area contributed by atoms with Gasteiger partial charge in [0.15, 0.2) is 17.1 Å². The molecule has 9 heteroatoms. The molecule has 3 rings (SSSR count). The highest BCUT2D eigenvalue weighted by atomic mass is 35.5. The molecule has 0 amide bonds. The molecule has 0 saturated carbocycles. The summed E-state index contributed by atoms with van der Waals surface area (Å²) in [5.41, 5.74) is -0.401. The van der Waals surface area contributed by atoms with Gasteiger partial charge < -0.3 is 9.47 Å². The SMILES string of the molecule is C=C1OC(C)(C)C(=O)C(c2nc(-c3ccc(OC(F)F)cc3Cl)sc2C)C1=O. The van der Waals surface area contributed by atoms with Gasteiger partial charge in [-0.1, -0.05) is 18.2 Å². The van der Waals surface area contributed by atoms with Gasteiger partial charge in [0, 0.05) is 10.4 Å². The second-order valence-corrected chi connectivity index (χ2v) is 8.29. The van der Waals surface area contributed by atoms with Gasteiger partial charge in [-0.05, 0) is 39.0 Å². The van der Waals surface area contributed by atoms with E-state index in [1.54, 1.807) is 20.8 Å². The minimum Gasteiger partial charge on any atom is -0.477 e. The van der Waals surface area contributed by atoms with Gasteiger partial charge in [-0.25, -0.2) is 4.98 Å². The Bertz CT molecular complexity index is 986. The number of alkyl halides is 2. The van der Waals surface area contributed by atoms with Crippen molar-refractivity contribution in [1.29, 1.82) is 0 Å². The molecule has 0 bridgehead atoms. The fourth-order valence-corrected chi connectivity index (χ4v) is 4.23. The van der Waals surface area contributed by atoms with E-state index in [4.69, 9.17) is 16.3 Å². The Balaban J connectivity index is 2.01. The molecule has 0 N–H and O–H groups in total. The number of benzene rings is 1. The average Bonchev–Trinajstić information content (AvgIpc) is 2.94. The van der Waals surface area contributed by atoms with Gasteiger partial charge in [-0.15, -0.1) is 11.3 Å². The molecular weight excluding hydrogens is 412 g/mol. The number of carbonyl (C=O) groups excluding carboxylic acids is 2. The number of rotatable bonds is 4. The minimum atomic E-state index is -2.96. The van der Waals surface area contributed by atoms with Crippen molar-refractivity contribution in [3.8, 4) is 16.3 Å². The van der Waals surface area contributed by atoms with E-state index >= 15 is 0 Å². The number of Topliss-reactive ketones (excluding diaryl/α,β-unsaturated/α-hetero) is 2. The summed E-state index contributed by atoms with van der Waals surface area (Å²) in [6, 6.07) is 4.10. The number of nitrogens with zero attached hydrogens (tertiary/aromatic N) is 1. The summed E-state index contributed by atoms with van der Waals surface area (Å²) < 4.78 is 34.4. The zero-order valence-corrected chi connectivity index (χ0v) is 16.8. The predicted octanol–water partition coefficient (Wildman–Crippen LogP) is 4.92. The third-order valence-corrected chi connectivity index (χ3v) is 5.61. The van der Waals surface area contributed by atoms with Gasteiger partial charge in [-0.2, -0.15) is 8.78 Å². The summed E-state index contributed by atoms with van der Waals surface area (Å²) in [6.07, 6.45) is 0. The fourth-order valence-electron chi connectivity index (χ4n) is 2.92. The fraction of sp³-hybridized carbons (Fsp3) is 0.316. The van der Waals surface area contributed by atoms with Gasteiger partial charge in [0.2, 0.25) is 5.78 Å². The lowest BCUT2D eigenvalue weighted by Gasteiger charge is -2.34. The number of aromatic nitrogens is 1. The van der Waals surface area contributed by atoms with Crippen LogP contribution in [0.3, 0.4) is 0 Å². The van der Waals surface area contributed by atoms with Crippen LogP contribution in [0.25, 0.3) is 10.6 Å². The molecule has 1 aliphatic heterocycles. The largest absolute Gasteiger partial charge is 0.477 e. The Morgan fingerprint density at radius 3 is 2.64 bits per heavy atom. The van der Waals surface area contributed by atoms with Crippen LogP contribution in [0.2, 0.25) is 5.02 Å². The van der Waals surface area contributed by atoms with Gasteiger partial charge in [0.1, 0.15) is 16.7 Å². The Hall–Kier alpha value is -2.32. The molecule has 1 atom stereocenters. The number of halogens is 3. The van der Waals surface area contributed by atoms with Crippen LogP contribution in [0.5, 0.6) is 5.75 Å². The molecular formula is C19H16ClF2NO4S. The lowest BCUT2D eigenvalue weighted by molar-refractivity contribution is -0.150. The van der Waals surface area contributed by atoms with E-state index in [9.17, 15) is 18.4 Å². The first-order valence-corrected chi connectivity index (χ1v) is 9.39. The van der Waals surface area contributed by atoms with Crippen LogP contribution in [0.1, 0.15) is 30.3 Å². The van der Waals surface area contributed by atoms with Crippen molar-refractivity contribution in [2.24, 2.45) is 0 Å². The molecule has 1 aromatic heterocycles. The van der Waals surface area contributed by atoms with Crippen molar-refractivity contribution in [2.75, 3.05) is 0 Å². The monoisotopic (exact) mass is 427 g/mol. The summed E-state index contributed by atoms with van der Waals surface area (Å²) in [5, 5.41) is 0.615. The van der Waals surface area contributed by atoms with Gasteiger partial charge in [-0.3, -0.25) is 9.59 Å². The molecule has 2 aromatic rings. The van der Waals surface area contributed by atoms with Crippen molar-refractivity contribution in [3.63, 3.8) is 0 Å². The first kappa shape index (κ1) is 20.4. The average molecular weight is 428 g/mol. The zero-order valence-electron chi connectivity index (χ0n) is 15.2. The molecule has 1 unspecified atom stereocenters. The van der Waals surface area contributed by atoms with Crippen molar-refractivity contribution in [3.05, 3.63) is 46.1 Å². The van der Waals surface area contributed by atoms with Crippen molar-refractivity contribution < 1.29 is 27.8 Å². The Morgan fingerprint density at radius 1 is 1.36 bits per heavy atom. The summed E-state index contributed by atoms with van der Waals surface area (Å²) in [5.74, 6) is -2.21. The summed E-state index contributed by atoms with van der Waals surface area (Å²) in [7, 11) is 0. The molecule has 5 nitrogen and oxygen atoms in total. The molecule has 0 spiro atoms. The number of hydrogen-bond acceptors (Lipinski definition) is 6. The van der Waals surface area contributed by atoms with Crippen molar-refractivity contribution in [2.45, 2.75) is 38.9 Å². The van der Waals surface area contributed by atoms with Gasteiger partial charge in [0.25, 0.3) is 0 Å². The van der Waals surface area contributed by atoms with Crippen LogP contribution in [0, 0.1) is 6.92 Å². The smallest absolute Gasteiger partial charge is 0.387 e. The second kappa shape index (κ2) is 7.25. The first-order valence-electron chi connectivity index (χ1n) is 8.19. The third kappa shape index (κ3) is 3.66. The van der Waals surface area contributed by atoms with Crippen LogP contribution in [-0.4, -0.2) is 28.8 Å². The molecule has 148 valence electrons. The Kier molecular flexibility index (Phi) is 5.29. The van der Waals surface area contributed by atoms with Crippen molar-refractivity contribution in [1.82, 2.24) is 4.98 Å². The van der Waals surface area contributed by atoms with E-state index in [0.29, 0.717) is 21.1 Å². The van der Waals surface area contributed by atoms with Crippen molar-refractivity contribution >= 4 is 34.5 Å². The lowest BCUT2D eigenvalue weighted by Crippen LogP contribution is -2.47. The maximum atomic E-state index is 12.8. The third-order valence-electron chi connectivity index (χ3n) is 4.27. The molecule has 0 radical (unpaired) electrons. The normalized spacial score (nSPS) is 19.1. The Labute approximate surface area is 168 Å². The number of ether oxygens (including phenoxy) is 2. The quantitative estimate of drug-likeness (QED) is 0.512. The lowest BCUT2D eigenvalue weighted by atomic mass is 9.82. The van der Waals surface area contributed by atoms with Gasteiger partial charge in [0.05, 0.1) is 10.7 Å². The topological polar surface area (TPSA) is 65.5 Å². The predicted molar refractivity (Wildman–Crippen MR) is 101 cm³/mol. The van der Waals surface area contributed by atoms with E-state index in [0.717, 1.165) is 0 Å². The number of aryl methyl sites for hydroxylation is 1. The van der Waals surface area contributed by atoms with Crippen LogP contribution in [0.4, 0.5) is 8.78 Å². The maximum absolute atomic E-state index is 12.8. The van der Waals surface area contributed by atoms with Crippen LogP contribution in [0.15, 0.2) is 30.5 Å². The van der Waals surface area contributed by atoms with E-state index in [2.05, 4.69) is 16.3 Å². The molecule has 1 aliphatic rings. The molecule has 1 fully saturated rings. The highest BCUT2D eigenvalue weighted by Crippen LogP contribution is 2.40. The molecule has 2 heterocycles. The first-order chi connectivity index (χ1) is 13.0. The number of carbonyl (C=O) groups is 2. The number of thiazole rings is 1. The second-order valence-electron chi connectivity index (χ2n) is 6.68. The van der Waals surface area contributed by atoms with Crippen LogP contribution < -0.4 is 4.74 Å². The summed E-state index contributed by atoms with van der Waals surface area (Å²) in [4.78, 5) is 30.4. The van der Waals surface area contributed by atoms with Crippen LogP contribution in [-0.2, 0) is 14.3 Å². The highest BCUT2D eigenvalue weighted by Gasteiger charge is 2.48. The van der Waals surface area contributed by atoms with Crippen LogP contribution >= 0.6 is 22.9 Å². The summed E-state index contributed by atoms with van der Waals surface area (Å²) in [6.45, 7) is 5.52. The number of ketones is 2. The van der Waals surface area contributed by atoms with E-state index in [1.165, 1.54) is 29.5 Å². The standard InChI is InChI=1S/C19H16ClF2NO4S/c1-8-15(24)13(16(25)19(3,4)27-8)14-9(2)28-17(23-14)11-6-5-10(7-12(11)20)26-18(21)22/h5-7,13,18H,1H2,2-4H3.